The molecular formula is C17H19NO2S. The number of aryl methyl sites for hydroxylation is 2. The molecule has 1 aromatic heterocycles. The Hall–Kier alpha value is -1.81. The Morgan fingerprint density at radius 1 is 1.29 bits per heavy atom. The number of ether oxygens (including phenoxy) is 1. The number of amides is 1. The molecule has 2 aromatic rings. The van der Waals surface area contributed by atoms with Gasteiger partial charge in [0.25, 0.3) is 5.91 Å². The van der Waals surface area contributed by atoms with E-state index in [-0.39, 0.29) is 12.5 Å². The van der Waals surface area contributed by atoms with Gasteiger partial charge < -0.3 is 9.64 Å². The van der Waals surface area contributed by atoms with Gasteiger partial charge in [0.05, 0.1) is 0 Å². The second-order valence-corrected chi connectivity index (χ2v) is 6.44. The maximum atomic E-state index is 12.3. The molecule has 1 aromatic carbocycles. The lowest BCUT2D eigenvalue weighted by Gasteiger charge is -2.27. The smallest absolute Gasteiger partial charge is 0.260 e. The van der Waals surface area contributed by atoms with Crippen LogP contribution in [0.5, 0.6) is 5.75 Å². The predicted octanol–water partition coefficient (Wildman–Crippen LogP) is 3.33. The largest absolute Gasteiger partial charge is 0.483 e. The van der Waals surface area contributed by atoms with E-state index in [9.17, 15) is 4.79 Å². The first-order valence-electron chi connectivity index (χ1n) is 7.17. The fraction of sp³-hybridized carbons (Fsp3) is 0.353. The van der Waals surface area contributed by atoms with Crippen LogP contribution in [0.2, 0.25) is 0 Å². The van der Waals surface area contributed by atoms with Crippen molar-refractivity contribution in [3.8, 4) is 5.75 Å². The normalized spacial score (nSPS) is 13.9. The Morgan fingerprint density at radius 3 is 2.81 bits per heavy atom. The van der Waals surface area contributed by atoms with E-state index in [2.05, 4.69) is 11.4 Å². The van der Waals surface area contributed by atoms with Gasteiger partial charge >= 0.3 is 0 Å². The van der Waals surface area contributed by atoms with E-state index < -0.39 is 0 Å². The molecular weight excluding hydrogens is 282 g/mol. The number of carbonyl (C=O) groups excluding carboxylic acids is 1. The van der Waals surface area contributed by atoms with Gasteiger partial charge in [0.1, 0.15) is 5.75 Å². The topological polar surface area (TPSA) is 29.5 Å². The summed E-state index contributed by atoms with van der Waals surface area (Å²) in [6, 6.07) is 8.13. The van der Waals surface area contributed by atoms with Gasteiger partial charge in [0.15, 0.2) is 6.61 Å². The van der Waals surface area contributed by atoms with E-state index in [1.165, 1.54) is 10.4 Å². The quantitative estimate of drug-likeness (QED) is 0.870. The second kappa shape index (κ2) is 5.90. The number of hydrogen-bond donors (Lipinski definition) is 0. The van der Waals surface area contributed by atoms with Crippen LogP contribution in [-0.2, 0) is 17.8 Å². The number of para-hydroxylation sites is 1. The summed E-state index contributed by atoms with van der Waals surface area (Å²) in [6.45, 7) is 5.64. The number of rotatable bonds is 3. The molecule has 2 heterocycles. The summed E-state index contributed by atoms with van der Waals surface area (Å²) >= 11 is 1.78. The molecule has 1 amide bonds. The monoisotopic (exact) mass is 301 g/mol. The molecule has 21 heavy (non-hydrogen) atoms. The van der Waals surface area contributed by atoms with E-state index in [4.69, 9.17) is 4.74 Å². The molecule has 0 saturated carbocycles. The van der Waals surface area contributed by atoms with E-state index in [0.29, 0.717) is 6.54 Å². The van der Waals surface area contributed by atoms with Gasteiger partial charge in [-0.2, -0.15) is 0 Å². The van der Waals surface area contributed by atoms with Crippen molar-refractivity contribution in [2.75, 3.05) is 13.2 Å². The molecule has 0 fully saturated rings. The zero-order valence-corrected chi connectivity index (χ0v) is 13.2. The van der Waals surface area contributed by atoms with Gasteiger partial charge in [-0.25, -0.2) is 0 Å². The first-order valence-corrected chi connectivity index (χ1v) is 8.05. The molecule has 0 aliphatic carbocycles. The number of fused-ring (bicyclic) bond motifs is 1. The van der Waals surface area contributed by atoms with E-state index in [0.717, 1.165) is 29.8 Å². The SMILES string of the molecule is Cc1cccc(C)c1OCC(=O)N1CCc2sccc2C1. The minimum Gasteiger partial charge on any atom is -0.483 e. The van der Waals surface area contributed by atoms with Crippen LogP contribution in [0.3, 0.4) is 0 Å². The van der Waals surface area contributed by atoms with Gasteiger partial charge in [0, 0.05) is 18.0 Å². The standard InChI is InChI=1S/C17H19NO2S/c1-12-4-3-5-13(2)17(12)20-11-16(19)18-8-6-15-14(10-18)7-9-21-15/h3-5,7,9H,6,8,10-11H2,1-2H3. The molecule has 0 bridgehead atoms. The summed E-state index contributed by atoms with van der Waals surface area (Å²) in [7, 11) is 0. The summed E-state index contributed by atoms with van der Waals surface area (Å²) in [5, 5.41) is 2.10. The van der Waals surface area contributed by atoms with Crippen LogP contribution in [0.15, 0.2) is 29.6 Å². The van der Waals surface area contributed by atoms with Gasteiger partial charge in [-0.15, -0.1) is 11.3 Å². The second-order valence-electron chi connectivity index (χ2n) is 5.44. The van der Waals surface area contributed by atoms with E-state index in [1.807, 2.05) is 36.9 Å². The molecule has 0 saturated heterocycles. The van der Waals surface area contributed by atoms with Gasteiger partial charge in [0.2, 0.25) is 0 Å². The molecule has 1 aliphatic heterocycles. The Kier molecular flexibility index (Phi) is 3.97. The molecule has 0 atom stereocenters. The summed E-state index contributed by atoms with van der Waals surface area (Å²) in [6.07, 6.45) is 0.960. The zero-order valence-electron chi connectivity index (χ0n) is 12.4. The van der Waals surface area contributed by atoms with Crippen LogP contribution >= 0.6 is 11.3 Å². The molecule has 0 spiro atoms. The molecule has 4 heteroatoms. The lowest BCUT2D eigenvalue weighted by Crippen LogP contribution is -2.38. The highest BCUT2D eigenvalue weighted by molar-refractivity contribution is 7.10. The summed E-state index contributed by atoms with van der Waals surface area (Å²) in [5.41, 5.74) is 3.43. The van der Waals surface area contributed by atoms with Gasteiger partial charge in [-0.05, 0) is 48.4 Å². The Morgan fingerprint density at radius 2 is 2.05 bits per heavy atom. The number of nitrogens with zero attached hydrogens (tertiary/aromatic N) is 1. The van der Waals surface area contributed by atoms with Gasteiger partial charge in [-0.1, -0.05) is 18.2 Å². The molecule has 3 nitrogen and oxygen atoms in total. The van der Waals surface area contributed by atoms with E-state index in [1.54, 1.807) is 11.3 Å². The average Bonchev–Trinajstić information content (AvgIpc) is 2.93. The number of carbonyl (C=O) groups is 1. The van der Waals surface area contributed by atoms with Crippen LogP contribution in [0.1, 0.15) is 21.6 Å². The Balaban J connectivity index is 1.63. The first kappa shape index (κ1) is 14.1. The Bertz CT molecular complexity index is 642. The average molecular weight is 301 g/mol. The minimum atomic E-state index is 0.0644. The van der Waals surface area contributed by atoms with Crippen molar-refractivity contribution in [3.63, 3.8) is 0 Å². The van der Waals surface area contributed by atoms with Crippen LogP contribution in [0, 0.1) is 13.8 Å². The van der Waals surface area contributed by atoms with Crippen molar-refractivity contribution in [3.05, 3.63) is 51.2 Å². The van der Waals surface area contributed by atoms with Crippen molar-refractivity contribution in [2.24, 2.45) is 0 Å². The van der Waals surface area contributed by atoms with E-state index >= 15 is 0 Å². The van der Waals surface area contributed by atoms with Crippen molar-refractivity contribution in [1.82, 2.24) is 4.90 Å². The van der Waals surface area contributed by atoms with Crippen LogP contribution in [0.4, 0.5) is 0 Å². The lowest BCUT2D eigenvalue weighted by atomic mass is 10.1. The number of hydrogen-bond acceptors (Lipinski definition) is 3. The number of benzene rings is 1. The first-order chi connectivity index (χ1) is 10.1. The fourth-order valence-electron chi connectivity index (χ4n) is 2.71. The summed E-state index contributed by atoms with van der Waals surface area (Å²) < 4.78 is 5.76. The summed E-state index contributed by atoms with van der Waals surface area (Å²) in [5.74, 6) is 0.897. The van der Waals surface area contributed by atoms with Crippen molar-refractivity contribution < 1.29 is 9.53 Å². The highest BCUT2D eigenvalue weighted by Crippen LogP contribution is 2.25. The molecule has 0 unspecified atom stereocenters. The van der Waals surface area contributed by atoms with Crippen molar-refractivity contribution in [2.45, 2.75) is 26.8 Å². The predicted molar refractivity (Wildman–Crippen MR) is 84.9 cm³/mol. The van der Waals surface area contributed by atoms with Gasteiger partial charge in [-0.3, -0.25) is 4.79 Å². The summed E-state index contributed by atoms with van der Waals surface area (Å²) in [4.78, 5) is 15.6. The third-order valence-corrected chi connectivity index (χ3v) is 4.93. The minimum absolute atomic E-state index is 0.0644. The molecule has 0 N–H and O–H groups in total. The van der Waals surface area contributed by atoms with Crippen molar-refractivity contribution in [1.29, 1.82) is 0 Å². The highest BCUT2D eigenvalue weighted by atomic mass is 32.1. The zero-order chi connectivity index (χ0) is 14.8. The van der Waals surface area contributed by atoms with Crippen LogP contribution in [-0.4, -0.2) is 24.0 Å². The maximum Gasteiger partial charge on any atom is 0.260 e. The van der Waals surface area contributed by atoms with Crippen LogP contribution < -0.4 is 4.74 Å². The molecule has 3 rings (SSSR count). The van der Waals surface area contributed by atoms with Crippen molar-refractivity contribution >= 4 is 17.2 Å². The third kappa shape index (κ3) is 2.95. The number of thiophene rings is 1. The Labute approximate surface area is 129 Å². The third-order valence-electron chi connectivity index (χ3n) is 3.91. The lowest BCUT2D eigenvalue weighted by molar-refractivity contribution is -0.134. The highest BCUT2D eigenvalue weighted by Gasteiger charge is 2.21. The maximum absolute atomic E-state index is 12.3. The fourth-order valence-corrected chi connectivity index (χ4v) is 3.60. The molecule has 1 aliphatic rings. The molecule has 110 valence electrons. The molecule has 0 radical (unpaired) electrons. The van der Waals surface area contributed by atoms with Crippen LogP contribution in [0.25, 0.3) is 0 Å².